The largest absolute Gasteiger partial charge is 0.479 e. The van der Waals surface area contributed by atoms with Crippen molar-refractivity contribution in [1.82, 2.24) is 0 Å². The first-order valence-corrected chi connectivity index (χ1v) is 9.26. The summed E-state index contributed by atoms with van der Waals surface area (Å²) in [5, 5.41) is 43.4. The molecule has 0 saturated heterocycles. The Balaban J connectivity index is 0.000000188. The number of hydrogen-bond donors (Lipinski definition) is 4. The van der Waals surface area contributed by atoms with Crippen molar-refractivity contribution in [3.05, 3.63) is 72.8 Å². The molecular formula is C24H18O6. The number of carboxylic acids is 2. The summed E-state index contributed by atoms with van der Waals surface area (Å²) >= 11 is 0. The van der Waals surface area contributed by atoms with Gasteiger partial charge in [0.15, 0.2) is 12.2 Å². The lowest BCUT2D eigenvalue weighted by Crippen LogP contribution is -2.39. The fourth-order valence-electron chi connectivity index (χ4n) is 3.83. The average molecular weight is 402 g/mol. The Bertz CT molecular complexity index is 1280. The predicted molar refractivity (Wildman–Crippen MR) is 115 cm³/mol. The van der Waals surface area contributed by atoms with Crippen LogP contribution in [-0.2, 0) is 9.59 Å². The number of hydrogen-bond acceptors (Lipinski definition) is 4. The smallest absolute Gasteiger partial charge is 0.335 e. The van der Waals surface area contributed by atoms with Gasteiger partial charge in [0.25, 0.3) is 0 Å². The normalized spacial score (nSPS) is 13.3. The van der Waals surface area contributed by atoms with Gasteiger partial charge in [-0.25, -0.2) is 9.59 Å². The number of aliphatic hydroxyl groups excluding tert-OH is 2. The van der Waals surface area contributed by atoms with E-state index in [-0.39, 0.29) is 0 Å². The summed E-state index contributed by atoms with van der Waals surface area (Å²) in [5.41, 5.74) is 0. The first-order valence-electron chi connectivity index (χ1n) is 9.26. The SMILES string of the molecule is O=C(O)C(O)C(O)C(=O)O.c1ccc2c(c1)c1cccc3ccc4cccc2c4c31. The van der Waals surface area contributed by atoms with Crippen LogP contribution in [-0.4, -0.2) is 44.6 Å². The molecule has 30 heavy (non-hydrogen) atoms. The van der Waals surface area contributed by atoms with Crippen LogP contribution in [0.15, 0.2) is 72.8 Å². The quantitative estimate of drug-likeness (QED) is 0.271. The summed E-state index contributed by atoms with van der Waals surface area (Å²) in [7, 11) is 0. The van der Waals surface area contributed by atoms with Crippen LogP contribution in [0, 0.1) is 0 Å². The summed E-state index contributed by atoms with van der Waals surface area (Å²) in [6.45, 7) is 0. The van der Waals surface area contributed by atoms with Crippen LogP contribution in [0.1, 0.15) is 0 Å². The van der Waals surface area contributed by atoms with E-state index in [4.69, 9.17) is 20.4 Å². The number of carbonyl (C=O) groups is 2. The molecule has 5 aromatic rings. The van der Waals surface area contributed by atoms with Crippen molar-refractivity contribution in [2.24, 2.45) is 0 Å². The first-order chi connectivity index (χ1) is 14.4. The molecule has 0 spiro atoms. The van der Waals surface area contributed by atoms with Crippen molar-refractivity contribution >= 4 is 55.0 Å². The first kappa shape index (κ1) is 19.6. The van der Waals surface area contributed by atoms with E-state index in [1.807, 2.05) is 0 Å². The standard InChI is InChI=1S/C20H12.C4H6O6/c1-2-8-16-15(7-1)17-9-3-5-13-11-12-14-6-4-10-18(16)20(14)19(13)17;5-1(3(7)8)2(6)4(9)10/h1-12H;1-2,5-6H,(H,7,8)(H,9,10). The molecule has 5 rings (SSSR count). The zero-order valence-electron chi connectivity index (χ0n) is 15.7. The van der Waals surface area contributed by atoms with Crippen molar-refractivity contribution in [3.8, 4) is 0 Å². The molecule has 0 saturated carbocycles. The van der Waals surface area contributed by atoms with Crippen molar-refractivity contribution < 1.29 is 30.0 Å². The Hall–Kier alpha value is -3.74. The Morgan fingerprint density at radius 1 is 0.533 bits per heavy atom. The van der Waals surface area contributed by atoms with E-state index in [1.165, 1.54) is 43.1 Å². The Morgan fingerprint density at radius 2 is 0.900 bits per heavy atom. The lowest BCUT2D eigenvalue weighted by atomic mass is 9.89. The Morgan fingerprint density at radius 3 is 1.27 bits per heavy atom. The van der Waals surface area contributed by atoms with Crippen LogP contribution >= 0.6 is 0 Å². The number of aliphatic carboxylic acids is 2. The number of benzene rings is 5. The lowest BCUT2D eigenvalue weighted by molar-refractivity contribution is -0.165. The summed E-state index contributed by atoms with van der Waals surface area (Å²) in [6, 6.07) is 26.4. The number of aliphatic hydroxyl groups is 2. The van der Waals surface area contributed by atoms with Crippen molar-refractivity contribution in [1.29, 1.82) is 0 Å². The highest BCUT2D eigenvalue weighted by Gasteiger charge is 2.29. The molecule has 0 aliphatic rings. The highest BCUT2D eigenvalue weighted by Crippen LogP contribution is 2.40. The van der Waals surface area contributed by atoms with Gasteiger partial charge in [-0.05, 0) is 43.1 Å². The Kier molecular flexibility index (Phi) is 4.95. The van der Waals surface area contributed by atoms with E-state index in [2.05, 4.69) is 72.8 Å². The summed E-state index contributed by atoms with van der Waals surface area (Å²) in [5.74, 6) is -3.54. The number of carboxylic acid groups (broad SMARTS) is 2. The topological polar surface area (TPSA) is 115 Å². The molecule has 6 heteroatoms. The molecule has 0 heterocycles. The molecule has 150 valence electrons. The van der Waals surface area contributed by atoms with Crippen LogP contribution in [0.5, 0.6) is 0 Å². The van der Waals surface area contributed by atoms with Crippen LogP contribution in [0.4, 0.5) is 0 Å². The van der Waals surface area contributed by atoms with Gasteiger partial charge in [-0.3, -0.25) is 0 Å². The second-order valence-electron chi connectivity index (χ2n) is 6.98. The molecule has 0 aromatic heterocycles. The summed E-state index contributed by atoms with van der Waals surface area (Å²) < 4.78 is 0. The zero-order valence-corrected chi connectivity index (χ0v) is 15.7. The highest BCUT2D eigenvalue weighted by atomic mass is 16.4. The van der Waals surface area contributed by atoms with Gasteiger partial charge in [-0.15, -0.1) is 0 Å². The van der Waals surface area contributed by atoms with E-state index in [9.17, 15) is 9.59 Å². The van der Waals surface area contributed by atoms with E-state index >= 15 is 0 Å². The van der Waals surface area contributed by atoms with Gasteiger partial charge in [0.1, 0.15) is 0 Å². The maximum Gasteiger partial charge on any atom is 0.335 e. The molecule has 0 bridgehead atoms. The summed E-state index contributed by atoms with van der Waals surface area (Å²) in [6.07, 6.45) is -4.53. The van der Waals surface area contributed by atoms with Crippen molar-refractivity contribution in [2.75, 3.05) is 0 Å². The third-order valence-electron chi connectivity index (χ3n) is 5.20. The van der Waals surface area contributed by atoms with Gasteiger partial charge in [0.05, 0.1) is 0 Å². The van der Waals surface area contributed by atoms with Crippen LogP contribution in [0.2, 0.25) is 0 Å². The van der Waals surface area contributed by atoms with Gasteiger partial charge in [-0.2, -0.15) is 0 Å². The molecular weight excluding hydrogens is 384 g/mol. The van der Waals surface area contributed by atoms with Gasteiger partial charge in [0, 0.05) is 0 Å². The van der Waals surface area contributed by atoms with Gasteiger partial charge in [-0.1, -0.05) is 72.8 Å². The van der Waals surface area contributed by atoms with Gasteiger partial charge >= 0.3 is 11.9 Å². The minimum atomic E-state index is -2.27. The van der Waals surface area contributed by atoms with Crippen LogP contribution < -0.4 is 0 Å². The molecule has 2 unspecified atom stereocenters. The van der Waals surface area contributed by atoms with Gasteiger partial charge < -0.3 is 20.4 Å². The lowest BCUT2D eigenvalue weighted by Gasteiger charge is -2.14. The summed E-state index contributed by atoms with van der Waals surface area (Å²) in [4.78, 5) is 19.5. The molecule has 4 N–H and O–H groups in total. The Labute approximate surface area is 170 Å². The maximum atomic E-state index is 9.77. The predicted octanol–water partition coefficient (Wildman–Crippen LogP) is 3.61. The molecule has 2 atom stereocenters. The maximum absolute atomic E-state index is 9.77. The fourth-order valence-corrected chi connectivity index (χ4v) is 3.83. The molecule has 0 aliphatic heterocycles. The zero-order chi connectivity index (χ0) is 21.4. The van der Waals surface area contributed by atoms with Crippen molar-refractivity contribution in [3.63, 3.8) is 0 Å². The van der Waals surface area contributed by atoms with E-state index in [1.54, 1.807) is 0 Å². The monoisotopic (exact) mass is 402 g/mol. The van der Waals surface area contributed by atoms with Crippen molar-refractivity contribution in [2.45, 2.75) is 12.2 Å². The fraction of sp³-hybridized carbons (Fsp3) is 0.0833. The third kappa shape index (κ3) is 3.18. The van der Waals surface area contributed by atoms with E-state index in [0.717, 1.165) is 0 Å². The molecule has 0 amide bonds. The third-order valence-corrected chi connectivity index (χ3v) is 5.20. The minimum absolute atomic E-state index is 1.33. The van der Waals surface area contributed by atoms with Crippen LogP contribution in [0.3, 0.4) is 0 Å². The average Bonchev–Trinajstić information content (AvgIpc) is 2.77. The van der Waals surface area contributed by atoms with E-state index in [0.29, 0.717) is 0 Å². The van der Waals surface area contributed by atoms with E-state index < -0.39 is 24.1 Å². The molecule has 6 nitrogen and oxygen atoms in total. The second-order valence-corrected chi connectivity index (χ2v) is 6.98. The highest BCUT2D eigenvalue weighted by molar-refractivity contribution is 6.33. The number of rotatable bonds is 3. The second kappa shape index (κ2) is 7.59. The molecule has 0 fully saturated rings. The van der Waals surface area contributed by atoms with Crippen LogP contribution in [0.25, 0.3) is 43.1 Å². The molecule has 0 aliphatic carbocycles. The molecule has 5 aromatic carbocycles. The molecule has 0 radical (unpaired) electrons. The number of fused-ring (bicyclic) bond motifs is 3. The minimum Gasteiger partial charge on any atom is -0.479 e. The van der Waals surface area contributed by atoms with Gasteiger partial charge in [0.2, 0.25) is 0 Å².